The Morgan fingerprint density at radius 1 is 1.35 bits per heavy atom. The Bertz CT molecular complexity index is 546. The van der Waals surface area contributed by atoms with E-state index < -0.39 is 23.3 Å². The van der Waals surface area contributed by atoms with Crippen molar-refractivity contribution in [1.82, 2.24) is 5.32 Å². The van der Waals surface area contributed by atoms with Crippen LogP contribution in [0.1, 0.15) is 30.1 Å². The van der Waals surface area contributed by atoms with Crippen LogP contribution in [0, 0.1) is 5.92 Å². The molecule has 0 saturated heterocycles. The molecule has 0 radical (unpaired) electrons. The van der Waals surface area contributed by atoms with E-state index in [4.69, 9.17) is 28.3 Å². The van der Waals surface area contributed by atoms with E-state index in [0.717, 1.165) is 0 Å². The van der Waals surface area contributed by atoms with Crippen LogP contribution in [0.2, 0.25) is 10.0 Å². The van der Waals surface area contributed by atoms with E-state index in [9.17, 15) is 9.59 Å². The number of carboxylic acid groups (broad SMARTS) is 1. The number of carbonyl (C=O) groups is 2. The van der Waals surface area contributed by atoms with Crippen LogP contribution in [0.3, 0.4) is 0 Å². The second-order valence-electron chi connectivity index (χ2n) is 4.77. The number of hydrogen-bond acceptors (Lipinski definition) is 2. The molecule has 1 fully saturated rings. The molecule has 2 rings (SSSR count). The molecule has 0 aromatic heterocycles. The third-order valence-corrected chi connectivity index (χ3v) is 4.37. The van der Waals surface area contributed by atoms with Gasteiger partial charge in [0.15, 0.2) is 0 Å². The summed E-state index contributed by atoms with van der Waals surface area (Å²) in [5.41, 5.74) is -0.396. The molecule has 1 aliphatic carbocycles. The predicted molar refractivity (Wildman–Crippen MR) is 81.2 cm³/mol. The van der Waals surface area contributed by atoms with E-state index in [-0.39, 0.29) is 48.3 Å². The number of aliphatic carboxylic acids is 1. The van der Waals surface area contributed by atoms with Crippen LogP contribution in [-0.4, -0.2) is 60.3 Å². The quantitative estimate of drug-likeness (QED) is 0.822. The molecule has 1 atom stereocenters. The van der Waals surface area contributed by atoms with E-state index in [1.807, 2.05) is 0 Å². The van der Waals surface area contributed by atoms with E-state index >= 15 is 0 Å². The average Bonchev–Trinajstić information content (AvgIpc) is 3.12. The van der Waals surface area contributed by atoms with Gasteiger partial charge in [-0.25, -0.2) is 0 Å². The number of rotatable bonds is 4. The van der Waals surface area contributed by atoms with Gasteiger partial charge in [-0.05, 0) is 31.9 Å². The summed E-state index contributed by atoms with van der Waals surface area (Å²) in [5, 5.41) is 12.3. The first-order valence-electron chi connectivity index (χ1n) is 5.87. The van der Waals surface area contributed by atoms with Crippen molar-refractivity contribution in [2.75, 3.05) is 0 Å². The second-order valence-corrected chi connectivity index (χ2v) is 5.56. The van der Waals surface area contributed by atoms with Gasteiger partial charge in [0, 0.05) is 0 Å². The Morgan fingerprint density at radius 3 is 2.45 bits per heavy atom. The number of hydrogen-bond donors (Lipinski definition) is 2. The molecule has 7 heteroatoms. The summed E-state index contributed by atoms with van der Waals surface area (Å²) < 4.78 is 0. The molecule has 4 nitrogen and oxygen atoms in total. The number of benzene rings is 1. The van der Waals surface area contributed by atoms with Gasteiger partial charge in [-0.15, -0.1) is 0 Å². The van der Waals surface area contributed by atoms with Gasteiger partial charge in [0.2, 0.25) is 0 Å². The van der Waals surface area contributed by atoms with Gasteiger partial charge < -0.3 is 10.4 Å². The van der Waals surface area contributed by atoms with Crippen molar-refractivity contribution in [3.05, 3.63) is 33.8 Å². The fourth-order valence-corrected chi connectivity index (χ4v) is 2.40. The monoisotopic (exact) mass is 343 g/mol. The molecule has 1 aliphatic rings. The summed E-state index contributed by atoms with van der Waals surface area (Å²) in [6, 6.07) is 4.78. The minimum atomic E-state index is -0.921. The van der Waals surface area contributed by atoms with Crippen molar-refractivity contribution < 1.29 is 14.7 Å². The van der Waals surface area contributed by atoms with Gasteiger partial charge in [0.25, 0.3) is 5.91 Å². The SMILES string of the molecule is CC(C(=O)O)C1(NC(=O)c2cccc(Cl)c2Cl)CC1.[CaH2]. The third-order valence-electron chi connectivity index (χ3n) is 3.55. The maximum absolute atomic E-state index is 12.2. The van der Waals surface area contributed by atoms with Crippen LogP contribution in [0.4, 0.5) is 0 Å². The molecule has 20 heavy (non-hydrogen) atoms. The number of amides is 1. The van der Waals surface area contributed by atoms with Crippen LogP contribution in [-0.2, 0) is 4.79 Å². The minimum absolute atomic E-state index is 0. The van der Waals surface area contributed by atoms with Gasteiger partial charge in [-0.1, -0.05) is 29.3 Å². The molecular weight excluding hydrogens is 329 g/mol. The van der Waals surface area contributed by atoms with Crippen molar-refractivity contribution in [3.63, 3.8) is 0 Å². The summed E-state index contributed by atoms with van der Waals surface area (Å²) in [6.07, 6.45) is 1.31. The molecule has 1 aromatic carbocycles. The Balaban J connectivity index is 0.00000200. The first-order chi connectivity index (χ1) is 8.87. The molecule has 0 bridgehead atoms. The second kappa shape index (κ2) is 6.84. The summed E-state index contributed by atoms with van der Waals surface area (Å²) in [4.78, 5) is 23.2. The normalized spacial score (nSPS) is 16.8. The fourth-order valence-electron chi connectivity index (χ4n) is 2.01. The van der Waals surface area contributed by atoms with E-state index in [1.54, 1.807) is 25.1 Å². The third kappa shape index (κ3) is 3.60. The summed E-state index contributed by atoms with van der Waals surface area (Å²) in [6.45, 7) is 1.59. The Labute approximate surface area is 156 Å². The average molecular weight is 344 g/mol. The van der Waals surface area contributed by atoms with E-state index in [0.29, 0.717) is 17.9 Å². The maximum atomic E-state index is 12.2. The molecule has 0 heterocycles. The van der Waals surface area contributed by atoms with Crippen molar-refractivity contribution >= 4 is 72.8 Å². The first kappa shape index (κ1) is 18.0. The predicted octanol–water partition coefficient (Wildman–Crippen LogP) is 2.06. The van der Waals surface area contributed by atoms with Crippen LogP contribution in [0.25, 0.3) is 0 Å². The molecule has 1 saturated carbocycles. The zero-order valence-corrected chi connectivity index (χ0v) is 11.8. The van der Waals surface area contributed by atoms with Crippen LogP contribution in [0.15, 0.2) is 18.2 Å². The Hall–Kier alpha value is -0.000260. The van der Waals surface area contributed by atoms with Gasteiger partial charge in [0.1, 0.15) is 0 Å². The Kier molecular flexibility index (Phi) is 6.17. The number of halogens is 2. The van der Waals surface area contributed by atoms with Crippen molar-refractivity contribution in [2.45, 2.75) is 25.3 Å². The first-order valence-corrected chi connectivity index (χ1v) is 6.62. The summed E-state index contributed by atoms with van der Waals surface area (Å²) in [7, 11) is 0. The molecule has 106 valence electrons. The van der Waals surface area contributed by atoms with Crippen LogP contribution in [0.5, 0.6) is 0 Å². The topological polar surface area (TPSA) is 66.4 Å². The van der Waals surface area contributed by atoms with Gasteiger partial charge in [0.05, 0.1) is 27.1 Å². The van der Waals surface area contributed by atoms with Gasteiger partial charge in [-0.3, -0.25) is 9.59 Å². The molecule has 0 spiro atoms. The van der Waals surface area contributed by atoms with Gasteiger partial charge >= 0.3 is 43.7 Å². The molecular formula is C13H15CaCl2NO3. The van der Waals surface area contributed by atoms with E-state index in [1.165, 1.54) is 0 Å². The zero-order chi connectivity index (χ0) is 14.2. The fraction of sp³-hybridized carbons (Fsp3) is 0.385. The number of nitrogens with one attached hydrogen (secondary N) is 1. The summed E-state index contributed by atoms with van der Waals surface area (Å²) in [5.74, 6) is -1.94. The van der Waals surface area contributed by atoms with Crippen LogP contribution < -0.4 is 5.32 Å². The molecule has 2 N–H and O–H groups in total. The van der Waals surface area contributed by atoms with Crippen molar-refractivity contribution in [1.29, 1.82) is 0 Å². The standard InChI is InChI=1S/C13H13Cl2NO3.Ca.2H/c1-7(12(18)19)13(5-6-13)16-11(17)8-3-2-4-9(14)10(8)15;;;/h2-4,7H,5-6H2,1H3,(H,16,17)(H,18,19);;;. The number of carbonyl (C=O) groups excluding carboxylic acids is 1. The van der Waals surface area contributed by atoms with Crippen LogP contribution >= 0.6 is 23.2 Å². The van der Waals surface area contributed by atoms with Crippen molar-refractivity contribution in [3.8, 4) is 0 Å². The zero-order valence-electron chi connectivity index (χ0n) is 10.2. The summed E-state index contributed by atoms with van der Waals surface area (Å²) >= 11 is 11.8. The van der Waals surface area contributed by atoms with E-state index in [2.05, 4.69) is 5.32 Å². The molecule has 0 aliphatic heterocycles. The van der Waals surface area contributed by atoms with Gasteiger partial charge in [-0.2, -0.15) is 0 Å². The Morgan fingerprint density at radius 2 is 1.95 bits per heavy atom. The molecule has 1 amide bonds. The molecule has 1 unspecified atom stereocenters. The molecule has 1 aromatic rings. The van der Waals surface area contributed by atoms with Crippen molar-refractivity contribution in [2.24, 2.45) is 5.92 Å². The number of carboxylic acids is 1.